The lowest BCUT2D eigenvalue weighted by atomic mass is 10.2. The zero-order valence-corrected chi connectivity index (χ0v) is 13.5. The predicted molar refractivity (Wildman–Crippen MR) is 86.7 cm³/mol. The standard InChI is InChI=1S/C16H16ClFN2S/c1-10(8-12-7-6-11(2)21-12)20-14-5-3-4-13(18)16(14)19-15(20)9-17/h3-7,10H,8-9H2,1-2H3. The lowest BCUT2D eigenvalue weighted by Gasteiger charge is -2.16. The molecule has 0 bridgehead atoms. The second-order valence-corrected chi connectivity index (χ2v) is 6.84. The Morgan fingerprint density at radius 3 is 2.81 bits per heavy atom. The fourth-order valence-corrected chi connectivity index (χ4v) is 3.89. The van der Waals surface area contributed by atoms with Crippen molar-refractivity contribution < 1.29 is 4.39 Å². The smallest absolute Gasteiger partial charge is 0.151 e. The number of imidazole rings is 1. The van der Waals surface area contributed by atoms with Crippen molar-refractivity contribution in [2.24, 2.45) is 0 Å². The minimum Gasteiger partial charge on any atom is -0.324 e. The van der Waals surface area contributed by atoms with E-state index in [1.165, 1.54) is 15.8 Å². The Bertz CT molecular complexity index is 778. The number of para-hydroxylation sites is 1. The van der Waals surface area contributed by atoms with Crippen molar-refractivity contribution in [2.75, 3.05) is 0 Å². The molecule has 2 aromatic heterocycles. The maximum atomic E-state index is 13.9. The number of benzene rings is 1. The van der Waals surface area contributed by atoms with E-state index in [1.54, 1.807) is 17.4 Å². The first-order chi connectivity index (χ1) is 10.1. The predicted octanol–water partition coefficient (Wildman–Crippen LogP) is 5.09. The highest BCUT2D eigenvalue weighted by Crippen LogP contribution is 2.28. The van der Waals surface area contributed by atoms with Crippen LogP contribution in [-0.2, 0) is 12.3 Å². The summed E-state index contributed by atoms with van der Waals surface area (Å²) in [4.78, 5) is 6.98. The van der Waals surface area contributed by atoms with Crippen molar-refractivity contribution in [1.29, 1.82) is 0 Å². The van der Waals surface area contributed by atoms with E-state index in [-0.39, 0.29) is 17.7 Å². The molecular formula is C16H16ClFN2S. The molecule has 1 atom stereocenters. The quantitative estimate of drug-likeness (QED) is 0.612. The van der Waals surface area contributed by atoms with Gasteiger partial charge in [-0.05, 0) is 38.1 Å². The van der Waals surface area contributed by atoms with Crippen LogP contribution in [0.3, 0.4) is 0 Å². The average molecular weight is 323 g/mol. The van der Waals surface area contributed by atoms with Crippen molar-refractivity contribution in [2.45, 2.75) is 32.2 Å². The van der Waals surface area contributed by atoms with Gasteiger partial charge in [-0.1, -0.05) is 6.07 Å². The first-order valence-corrected chi connectivity index (χ1v) is 8.22. The van der Waals surface area contributed by atoms with E-state index in [2.05, 4.69) is 35.5 Å². The molecule has 0 spiro atoms. The van der Waals surface area contributed by atoms with Crippen molar-refractivity contribution in [1.82, 2.24) is 9.55 Å². The van der Waals surface area contributed by atoms with Gasteiger partial charge in [-0.3, -0.25) is 0 Å². The first-order valence-electron chi connectivity index (χ1n) is 6.86. The first kappa shape index (κ1) is 14.5. The lowest BCUT2D eigenvalue weighted by molar-refractivity contribution is 0.547. The van der Waals surface area contributed by atoms with Gasteiger partial charge in [0.2, 0.25) is 0 Å². The lowest BCUT2D eigenvalue weighted by Crippen LogP contribution is -2.10. The second kappa shape index (κ2) is 5.78. The molecule has 110 valence electrons. The number of fused-ring (bicyclic) bond motifs is 1. The van der Waals surface area contributed by atoms with Gasteiger partial charge in [0.05, 0.1) is 11.4 Å². The van der Waals surface area contributed by atoms with E-state index >= 15 is 0 Å². The van der Waals surface area contributed by atoms with Crippen molar-refractivity contribution in [3.63, 3.8) is 0 Å². The zero-order valence-electron chi connectivity index (χ0n) is 11.9. The topological polar surface area (TPSA) is 17.8 Å². The SMILES string of the molecule is Cc1ccc(CC(C)n2c(CCl)nc3c(F)cccc32)s1. The number of halogens is 2. The molecule has 0 radical (unpaired) electrons. The number of rotatable bonds is 4. The fourth-order valence-electron chi connectivity index (χ4n) is 2.69. The van der Waals surface area contributed by atoms with Gasteiger partial charge in [-0.25, -0.2) is 9.37 Å². The van der Waals surface area contributed by atoms with E-state index in [4.69, 9.17) is 11.6 Å². The summed E-state index contributed by atoms with van der Waals surface area (Å²) < 4.78 is 15.9. The highest BCUT2D eigenvalue weighted by molar-refractivity contribution is 7.11. The molecule has 0 saturated heterocycles. The average Bonchev–Trinajstić information content (AvgIpc) is 3.03. The third kappa shape index (κ3) is 2.70. The van der Waals surface area contributed by atoms with Crippen LogP contribution in [0.5, 0.6) is 0 Å². The van der Waals surface area contributed by atoms with Gasteiger partial charge in [0.25, 0.3) is 0 Å². The molecule has 0 amide bonds. The van der Waals surface area contributed by atoms with Crippen molar-refractivity contribution in [3.05, 3.63) is 51.7 Å². The van der Waals surface area contributed by atoms with Gasteiger partial charge in [-0.15, -0.1) is 22.9 Å². The van der Waals surface area contributed by atoms with Crippen LogP contribution in [0.15, 0.2) is 30.3 Å². The zero-order chi connectivity index (χ0) is 15.0. The van der Waals surface area contributed by atoms with Gasteiger partial charge in [0, 0.05) is 22.2 Å². The largest absolute Gasteiger partial charge is 0.324 e. The summed E-state index contributed by atoms with van der Waals surface area (Å²) in [6.07, 6.45) is 0.893. The van der Waals surface area contributed by atoms with Crippen LogP contribution in [-0.4, -0.2) is 9.55 Å². The molecule has 0 aliphatic carbocycles. The third-order valence-electron chi connectivity index (χ3n) is 3.60. The van der Waals surface area contributed by atoms with Crippen LogP contribution in [0.2, 0.25) is 0 Å². The number of hydrogen-bond acceptors (Lipinski definition) is 2. The minimum absolute atomic E-state index is 0.184. The summed E-state index contributed by atoms with van der Waals surface area (Å²) in [5.74, 6) is 0.705. The Kier molecular flexibility index (Phi) is 4.00. The Hall–Kier alpha value is -1.39. The second-order valence-electron chi connectivity index (χ2n) is 5.20. The summed E-state index contributed by atoms with van der Waals surface area (Å²) in [6.45, 7) is 4.22. The van der Waals surface area contributed by atoms with Crippen molar-refractivity contribution >= 4 is 34.0 Å². The number of alkyl halides is 1. The molecule has 2 heterocycles. The maximum Gasteiger partial charge on any atom is 0.151 e. The van der Waals surface area contributed by atoms with Crippen molar-refractivity contribution in [3.8, 4) is 0 Å². The number of hydrogen-bond donors (Lipinski definition) is 0. The minimum atomic E-state index is -0.295. The van der Waals surface area contributed by atoms with Gasteiger partial charge < -0.3 is 4.57 Å². The Balaban J connectivity index is 2.03. The van der Waals surface area contributed by atoms with Crippen LogP contribution < -0.4 is 0 Å². The molecule has 0 fully saturated rings. The van der Waals surface area contributed by atoms with Crippen LogP contribution in [0.1, 0.15) is 28.5 Å². The van der Waals surface area contributed by atoms with Gasteiger partial charge in [-0.2, -0.15) is 0 Å². The van der Waals surface area contributed by atoms with Crippen LogP contribution in [0.25, 0.3) is 11.0 Å². The molecule has 0 N–H and O–H groups in total. The molecule has 1 aromatic carbocycles. The molecular weight excluding hydrogens is 307 g/mol. The van der Waals surface area contributed by atoms with Crippen LogP contribution >= 0.6 is 22.9 Å². The molecule has 5 heteroatoms. The fraction of sp³-hybridized carbons (Fsp3) is 0.312. The van der Waals surface area contributed by atoms with E-state index in [9.17, 15) is 4.39 Å². The third-order valence-corrected chi connectivity index (χ3v) is 4.86. The summed E-state index contributed by atoms with van der Waals surface area (Å²) in [5, 5.41) is 0. The molecule has 3 aromatic rings. The summed E-state index contributed by atoms with van der Waals surface area (Å²) >= 11 is 7.80. The highest BCUT2D eigenvalue weighted by Gasteiger charge is 2.18. The van der Waals surface area contributed by atoms with E-state index in [0.29, 0.717) is 5.52 Å². The summed E-state index contributed by atoms with van der Waals surface area (Å²) in [6, 6.07) is 9.51. The molecule has 3 rings (SSSR count). The Labute approximate surface area is 132 Å². The Morgan fingerprint density at radius 1 is 1.33 bits per heavy atom. The molecule has 21 heavy (non-hydrogen) atoms. The Morgan fingerprint density at radius 2 is 2.14 bits per heavy atom. The van der Waals surface area contributed by atoms with E-state index in [0.717, 1.165) is 17.8 Å². The van der Waals surface area contributed by atoms with Gasteiger partial charge in [0.1, 0.15) is 11.3 Å². The number of aryl methyl sites for hydroxylation is 1. The number of aromatic nitrogens is 2. The van der Waals surface area contributed by atoms with E-state index < -0.39 is 0 Å². The summed E-state index contributed by atoms with van der Waals surface area (Å²) in [7, 11) is 0. The van der Waals surface area contributed by atoms with Crippen LogP contribution in [0.4, 0.5) is 4.39 Å². The highest BCUT2D eigenvalue weighted by atomic mass is 35.5. The molecule has 0 aliphatic heterocycles. The maximum absolute atomic E-state index is 13.9. The number of nitrogens with zero attached hydrogens (tertiary/aromatic N) is 2. The normalized spacial score (nSPS) is 13.0. The van der Waals surface area contributed by atoms with E-state index in [1.807, 2.05) is 6.07 Å². The van der Waals surface area contributed by atoms with Crippen LogP contribution in [0, 0.1) is 12.7 Å². The molecule has 2 nitrogen and oxygen atoms in total. The number of thiophene rings is 1. The molecule has 1 unspecified atom stereocenters. The summed E-state index contributed by atoms with van der Waals surface area (Å²) in [5.41, 5.74) is 1.22. The van der Waals surface area contributed by atoms with Gasteiger partial charge >= 0.3 is 0 Å². The van der Waals surface area contributed by atoms with Gasteiger partial charge in [0.15, 0.2) is 5.82 Å². The molecule has 0 aliphatic rings. The monoisotopic (exact) mass is 322 g/mol. The molecule has 0 saturated carbocycles.